The molecule has 0 amide bonds. The Morgan fingerprint density at radius 1 is 1.21 bits per heavy atom. The molecule has 2 aliphatic carbocycles. The first-order chi connectivity index (χ1) is 9.36. The fraction of sp³-hybridized carbons (Fsp3) is 0.647. The molecule has 0 radical (unpaired) electrons. The molecule has 2 heteroatoms. The van der Waals surface area contributed by atoms with Gasteiger partial charge in [0.25, 0.3) is 0 Å². The molecule has 0 spiro atoms. The van der Waals surface area contributed by atoms with E-state index >= 15 is 0 Å². The molecule has 4 rings (SSSR count). The van der Waals surface area contributed by atoms with Crippen molar-refractivity contribution >= 4 is 5.69 Å². The van der Waals surface area contributed by atoms with Gasteiger partial charge in [-0.2, -0.15) is 0 Å². The van der Waals surface area contributed by atoms with Gasteiger partial charge in [0.2, 0.25) is 0 Å². The number of anilines is 1. The molecule has 1 unspecified atom stereocenters. The van der Waals surface area contributed by atoms with Crippen molar-refractivity contribution in [1.29, 1.82) is 0 Å². The van der Waals surface area contributed by atoms with E-state index in [2.05, 4.69) is 34.9 Å². The van der Waals surface area contributed by atoms with Crippen molar-refractivity contribution < 1.29 is 0 Å². The first-order valence-corrected chi connectivity index (χ1v) is 7.88. The SMILES string of the molecule is c1ccc2c(c1)CC(CNCC1(C3CC3)CC1)CN2. The summed E-state index contributed by atoms with van der Waals surface area (Å²) in [6.45, 7) is 3.58. The van der Waals surface area contributed by atoms with Crippen LogP contribution in [0.3, 0.4) is 0 Å². The Morgan fingerprint density at radius 3 is 2.84 bits per heavy atom. The highest BCUT2D eigenvalue weighted by Crippen LogP contribution is 2.60. The molecule has 1 aromatic rings. The zero-order valence-electron chi connectivity index (χ0n) is 11.6. The Kier molecular flexibility index (Phi) is 2.80. The highest BCUT2D eigenvalue weighted by atomic mass is 14.9. The zero-order chi connectivity index (χ0) is 12.7. The molecule has 1 heterocycles. The molecule has 102 valence electrons. The topological polar surface area (TPSA) is 24.1 Å². The molecule has 19 heavy (non-hydrogen) atoms. The number of para-hydroxylation sites is 1. The van der Waals surface area contributed by atoms with Crippen LogP contribution in [-0.4, -0.2) is 19.6 Å². The Balaban J connectivity index is 1.28. The molecule has 2 fully saturated rings. The van der Waals surface area contributed by atoms with E-state index < -0.39 is 0 Å². The van der Waals surface area contributed by atoms with E-state index in [9.17, 15) is 0 Å². The average molecular weight is 256 g/mol. The number of benzene rings is 1. The lowest BCUT2D eigenvalue weighted by Gasteiger charge is -2.27. The zero-order valence-corrected chi connectivity index (χ0v) is 11.6. The summed E-state index contributed by atoms with van der Waals surface area (Å²) in [5.41, 5.74) is 3.57. The van der Waals surface area contributed by atoms with Crippen LogP contribution in [0.5, 0.6) is 0 Å². The molecule has 2 saturated carbocycles. The van der Waals surface area contributed by atoms with Crippen molar-refractivity contribution in [2.45, 2.75) is 32.1 Å². The smallest absolute Gasteiger partial charge is 0.0372 e. The molecule has 2 nitrogen and oxygen atoms in total. The third-order valence-corrected chi connectivity index (χ3v) is 5.35. The van der Waals surface area contributed by atoms with Gasteiger partial charge in [0.1, 0.15) is 0 Å². The van der Waals surface area contributed by atoms with Crippen molar-refractivity contribution in [2.75, 3.05) is 25.0 Å². The second-order valence-electron chi connectivity index (χ2n) is 6.88. The van der Waals surface area contributed by atoms with Crippen LogP contribution in [0, 0.1) is 17.3 Å². The summed E-state index contributed by atoms with van der Waals surface area (Å²) < 4.78 is 0. The maximum absolute atomic E-state index is 3.77. The summed E-state index contributed by atoms with van der Waals surface area (Å²) in [5.74, 6) is 1.83. The van der Waals surface area contributed by atoms with E-state index in [1.165, 1.54) is 56.4 Å². The monoisotopic (exact) mass is 256 g/mol. The predicted molar refractivity (Wildman–Crippen MR) is 79.4 cm³/mol. The fourth-order valence-electron chi connectivity index (χ4n) is 3.76. The first-order valence-electron chi connectivity index (χ1n) is 7.88. The minimum atomic E-state index is 0.736. The van der Waals surface area contributed by atoms with Crippen molar-refractivity contribution in [2.24, 2.45) is 17.3 Å². The normalized spacial score (nSPS) is 27.5. The first kappa shape index (κ1) is 11.8. The Hall–Kier alpha value is -1.02. The summed E-state index contributed by atoms with van der Waals surface area (Å²) in [4.78, 5) is 0. The summed E-state index contributed by atoms with van der Waals surface area (Å²) in [6.07, 6.45) is 7.19. The van der Waals surface area contributed by atoms with Crippen LogP contribution < -0.4 is 10.6 Å². The van der Waals surface area contributed by atoms with E-state index in [1.807, 2.05) is 0 Å². The van der Waals surface area contributed by atoms with Crippen LogP contribution in [0.15, 0.2) is 24.3 Å². The van der Waals surface area contributed by atoms with Crippen LogP contribution in [0.25, 0.3) is 0 Å². The van der Waals surface area contributed by atoms with Gasteiger partial charge in [-0.3, -0.25) is 0 Å². The third kappa shape index (κ3) is 2.38. The molecule has 3 aliphatic rings. The molecule has 1 atom stereocenters. The number of hydrogen-bond donors (Lipinski definition) is 2. The average Bonchev–Trinajstić information content (AvgIpc) is 3.31. The highest BCUT2D eigenvalue weighted by molar-refractivity contribution is 5.53. The van der Waals surface area contributed by atoms with Crippen LogP contribution in [0.2, 0.25) is 0 Å². The van der Waals surface area contributed by atoms with Gasteiger partial charge in [-0.05, 0) is 67.5 Å². The van der Waals surface area contributed by atoms with Crippen molar-refractivity contribution in [3.05, 3.63) is 29.8 Å². The standard InChI is InChI=1S/C17H24N2/c1-2-4-16-14(3-1)9-13(11-19-16)10-18-12-17(7-8-17)15-5-6-15/h1-4,13,15,18-19H,5-12H2. The Labute approximate surface area is 116 Å². The van der Waals surface area contributed by atoms with Gasteiger partial charge in [-0.1, -0.05) is 18.2 Å². The second kappa shape index (κ2) is 4.52. The predicted octanol–water partition coefficient (Wildman–Crippen LogP) is 3.05. The molecular formula is C17H24N2. The Morgan fingerprint density at radius 2 is 2.05 bits per heavy atom. The van der Waals surface area contributed by atoms with Crippen LogP contribution >= 0.6 is 0 Å². The summed E-state index contributed by atoms with van der Waals surface area (Å²) >= 11 is 0. The van der Waals surface area contributed by atoms with Crippen LogP contribution in [0.4, 0.5) is 5.69 Å². The third-order valence-electron chi connectivity index (χ3n) is 5.35. The Bertz CT molecular complexity index is 460. The van der Waals surface area contributed by atoms with E-state index in [4.69, 9.17) is 0 Å². The van der Waals surface area contributed by atoms with Gasteiger partial charge in [-0.25, -0.2) is 0 Å². The molecule has 0 saturated heterocycles. The van der Waals surface area contributed by atoms with Gasteiger partial charge in [0, 0.05) is 18.8 Å². The fourth-order valence-corrected chi connectivity index (χ4v) is 3.76. The number of nitrogens with one attached hydrogen (secondary N) is 2. The minimum absolute atomic E-state index is 0.736. The summed E-state index contributed by atoms with van der Waals surface area (Å²) in [6, 6.07) is 8.74. The number of fused-ring (bicyclic) bond motifs is 1. The molecule has 2 N–H and O–H groups in total. The van der Waals surface area contributed by atoms with Crippen molar-refractivity contribution in [3.63, 3.8) is 0 Å². The van der Waals surface area contributed by atoms with Gasteiger partial charge in [-0.15, -0.1) is 0 Å². The number of hydrogen-bond acceptors (Lipinski definition) is 2. The summed E-state index contributed by atoms with van der Waals surface area (Å²) in [5, 5.41) is 7.34. The molecule has 0 bridgehead atoms. The van der Waals surface area contributed by atoms with Gasteiger partial charge in [0.15, 0.2) is 0 Å². The van der Waals surface area contributed by atoms with E-state index in [0.717, 1.165) is 23.8 Å². The molecular weight excluding hydrogens is 232 g/mol. The lowest BCUT2D eigenvalue weighted by atomic mass is 9.93. The quantitative estimate of drug-likeness (QED) is 0.846. The maximum Gasteiger partial charge on any atom is 0.0372 e. The van der Waals surface area contributed by atoms with E-state index in [1.54, 1.807) is 0 Å². The molecule has 1 aliphatic heterocycles. The minimum Gasteiger partial charge on any atom is -0.384 e. The second-order valence-corrected chi connectivity index (χ2v) is 6.88. The van der Waals surface area contributed by atoms with Crippen LogP contribution in [0.1, 0.15) is 31.2 Å². The lowest BCUT2D eigenvalue weighted by molar-refractivity contribution is 0.378. The van der Waals surface area contributed by atoms with Crippen LogP contribution in [-0.2, 0) is 6.42 Å². The van der Waals surface area contributed by atoms with Crippen molar-refractivity contribution in [3.8, 4) is 0 Å². The highest BCUT2D eigenvalue weighted by Gasteiger charge is 2.53. The van der Waals surface area contributed by atoms with Gasteiger partial charge in [0.05, 0.1) is 0 Å². The number of rotatable bonds is 5. The summed E-state index contributed by atoms with van der Waals surface area (Å²) in [7, 11) is 0. The lowest BCUT2D eigenvalue weighted by Crippen LogP contribution is -2.35. The molecule has 0 aromatic heterocycles. The van der Waals surface area contributed by atoms with Gasteiger partial charge < -0.3 is 10.6 Å². The van der Waals surface area contributed by atoms with E-state index in [0.29, 0.717) is 0 Å². The molecule has 1 aromatic carbocycles. The van der Waals surface area contributed by atoms with Gasteiger partial charge >= 0.3 is 0 Å². The van der Waals surface area contributed by atoms with Crippen molar-refractivity contribution in [1.82, 2.24) is 5.32 Å². The van der Waals surface area contributed by atoms with E-state index in [-0.39, 0.29) is 0 Å². The maximum atomic E-state index is 3.77. The largest absolute Gasteiger partial charge is 0.384 e.